The predicted octanol–water partition coefficient (Wildman–Crippen LogP) is 0.322. The molecule has 2 rings (SSSR count). The maximum atomic E-state index is 12.9. The first kappa shape index (κ1) is 14.5. The highest BCUT2D eigenvalue weighted by molar-refractivity contribution is 7.87. The minimum absolute atomic E-state index is 0.240. The second-order valence-electron chi connectivity index (χ2n) is 4.87. The Hall–Kier alpha value is -0.870. The summed E-state index contributed by atoms with van der Waals surface area (Å²) in [5, 5.41) is 8.82. The van der Waals surface area contributed by atoms with Crippen LogP contribution in [0.5, 0.6) is 0 Å². The molecule has 1 unspecified atom stereocenters. The Labute approximate surface area is 107 Å². The van der Waals surface area contributed by atoms with Gasteiger partial charge in [0.05, 0.1) is 0 Å². The topological polar surface area (TPSA) is 86.7 Å². The van der Waals surface area contributed by atoms with Gasteiger partial charge in [-0.15, -0.1) is 0 Å². The van der Waals surface area contributed by atoms with Crippen molar-refractivity contribution in [3.63, 3.8) is 0 Å². The molecule has 1 saturated carbocycles. The Morgan fingerprint density at radius 3 is 2.32 bits per heavy atom. The van der Waals surface area contributed by atoms with Gasteiger partial charge in [-0.05, 0) is 19.3 Å². The molecule has 1 atom stereocenters. The molecule has 0 spiro atoms. The molecule has 1 saturated heterocycles. The predicted molar refractivity (Wildman–Crippen MR) is 57.4 cm³/mol. The number of carboxylic acid groups (broad SMARTS) is 1. The summed E-state index contributed by atoms with van der Waals surface area (Å²) in [6, 6.07) is -0.240. The van der Waals surface area contributed by atoms with E-state index in [0.29, 0.717) is 17.1 Å². The highest BCUT2D eigenvalue weighted by atomic mass is 32.2. The molecule has 0 amide bonds. The fraction of sp³-hybridized carbons (Fsp3) is 0.889. The van der Waals surface area contributed by atoms with E-state index in [0.717, 1.165) is 0 Å². The van der Waals surface area contributed by atoms with Crippen molar-refractivity contribution in [2.75, 3.05) is 13.1 Å². The number of carbonyl (C=O) groups is 1. The molecule has 1 aliphatic heterocycles. The standard InChI is InChI=1S/C9H13F3N2O4S/c10-9(11,12)8(7(15)16)3-4-14(5-8)19(17,18)13-6-1-2-6/h6,13H,1-5H2,(H,15,16). The van der Waals surface area contributed by atoms with Crippen molar-refractivity contribution in [3.05, 3.63) is 0 Å². The molecule has 6 nitrogen and oxygen atoms in total. The van der Waals surface area contributed by atoms with Crippen LogP contribution in [0.3, 0.4) is 0 Å². The summed E-state index contributed by atoms with van der Waals surface area (Å²) >= 11 is 0. The highest BCUT2D eigenvalue weighted by Crippen LogP contribution is 2.46. The number of hydrogen-bond donors (Lipinski definition) is 2. The van der Waals surface area contributed by atoms with Gasteiger partial charge in [0.25, 0.3) is 10.2 Å². The van der Waals surface area contributed by atoms with E-state index in [1.807, 2.05) is 0 Å². The van der Waals surface area contributed by atoms with Crippen LogP contribution in [0.25, 0.3) is 0 Å². The number of rotatable bonds is 4. The van der Waals surface area contributed by atoms with Gasteiger partial charge in [-0.3, -0.25) is 4.79 Å². The van der Waals surface area contributed by atoms with E-state index in [4.69, 9.17) is 5.11 Å². The van der Waals surface area contributed by atoms with Crippen LogP contribution >= 0.6 is 0 Å². The third-order valence-corrected chi connectivity index (χ3v) is 5.04. The fourth-order valence-electron chi connectivity index (χ4n) is 1.99. The molecule has 19 heavy (non-hydrogen) atoms. The van der Waals surface area contributed by atoms with Crippen molar-refractivity contribution in [2.45, 2.75) is 31.5 Å². The smallest absolute Gasteiger partial charge is 0.406 e. The molecule has 2 aliphatic rings. The first-order valence-electron chi connectivity index (χ1n) is 5.66. The molecular weight excluding hydrogens is 289 g/mol. The Morgan fingerprint density at radius 2 is 1.95 bits per heavy atom. The molecule has 10 heteroatoms. The van der Waals surface area contributed by atoms with Gasteiger partial charge in [-0.1, -0.05) is 0 Å². The molecule has 2 N–H and O–H groups in total. The second-order valence-corrected chi connectivity index (χ2v) is 6.57. The molecule has 1 heterocycles. The average molecular weight is 302 g/mol. The lowest BCUT2D eigenvalue weighted by Gasteiger charge is -2.27. The molecule has 0 bridgehead atoms. The monoisotopic (exact) mass is 302 g/mol. The van der Waals surface area contributed by atoms with Crippen LogP contribution in [-0.4, -0.2) is 49.1 Å². The van der Waals surface area contributed by atoms with E-state index in [1.165, 1.54) is 0 Å². The number of aliphatic carboxylic acids is 1. The first-order valence-corrected chi connectivity index (χ1v) is 7.10. The lowest BCUT2D eigenvalue weighted by Crippen LogP contribution is -2.49. The molecule has 0 aromatic carbocycles. The second kappa shape index (κ2) is 4.32. The van der Waals surface area contributed by atoms with Crippen LogP contribution in [0.4, 0.5) is 13.2 Å². The van der Waals surface area contributed by atoms with Crippen molar-refractivity contribution in [1.82, 2.24) is 9.03 Å². The van der Waals surface area contributed by atoms with Crippen LogP contribution in [0, 0.1) is 5.41 Å². The summed E-state index contributed by atoms with van der Waals surface area (Å²) in [4.78, 5) is 10.9. The maximum absolute atomic E-state index is 12.9. The fourth-order valence-corrected chi connectivity index (χ4v) is 3.52. The largest absolute Gasteiger partial charge is 0.481 e. The van der Waals surface area contributed by atoms with E-state index >= 15 is 0 Å². The Morgan fingerprint density at radius 1 is 1.37 bits per heavy atom. The van der Waals surface area contributed by atoms with Gasteiger partial charge in [0.1, 0.15) is 0 Å². The highest BCUT2D eigenvalue weighted by Gasteiger charge is 2.65. The Bertz CT molecular complexity index is 488. The zero-order chi connectivity index (χ0) is 14.5. The van der Waals surface area contributed by atoms with E-state index in [1.54, 1.807) is 0 Å². The molecule has 1 aliphatic carbocycles. The summed E-state index contributed by atoms with van der Waals surface area (Å²) in [5.74, 6) is -2.04. The van der Waals surface area contributed by atoms with E-state index < -0.39 is 47.3 Å². The molecule has 0 aromatic heterocycles. The number of nitrogens with zero attached hydrogens (tertiary/aromatic N) is 1. The van der Waals surface area contributed by atoms with E-state index in [9.17, 15) is 26.4 Å². The van der Waals surface area contributed by atoms with Gasteiger partial charge in [-0.25, -0.2) is 0 Å². The van der Waals surface area contributed by atoms with Crippen LogP contribution in [0.1, 0.15) is 19.3 Å². The van der Waals surface area contributed by atoms with Crippen LogP contribution in [-0.2, 0) is 15.0 Å². The first-order chi connectivity index (χ1) is 8.58. The number of halogens is 3. The zero-order valence-corrected chi connectivity index (χ0v) is 10.6. The van der Waals surface area contributed by atoms with Crippen molar-refractivity contribution < 1.29 is 31.5 Å². The van der Waals surface area contributed by atoms with Crippen LogP contribution < -0.4 is 4.72 Å². The summed E-state index contributed by atoms with van der Waals surface area (Å²) < 4.78 is 65.0. The number of alkyl halides is 3. The van der Waals surface area contributed by atoms with Crippen molar-refractivity contribution in [2.24, 2.45) is 5.41 Å². The van der Waals surface area contributed by atoms with Gasteiger partial charge in [-0.2, -0.15) is 30.6 Å². The van der Waals surface area contributed by atoms with Gasteiger partial charge < -0.3 is 5.11 Å². The quantitative estimate of drug-likeness (QED) is 0.783. The third-order valence-electron chi connectivity index (χ3n) is 3.42. The minimum atomic E-state index is -4.98. The maximum Gasteiger partial charge on any atom is 0.406 e. The lowest BCUT2D eigenvalue weighted by atomic mass is 9.86. The number of nitrogens with one attached hydrogen (secondary N) is 1. The zero-order valence-electron chi connectivity index (χ0n) is 9.77. The molecule has 110 valence electrons. The van der Waals surface area contributed by atoms with Gasteiger partial charge in [0, 0.05) is 19.1 Å². The van der Waals surface area contributed by atoms with Gasteiger partial charge >= 0.3 is 12.1 Å². The Balaban J connectivity index is 2.19. The normalized spacial score (nSPS) is 29.6. The number of carboxylic acids is 1. The van der Waals surface area contributed by atoms with Crippen LogP contribution in [0.15, 0.2) is 0 Å². The summed E-state index contributed by atoms with van der Waals surface area (Å²) in [5.41, 5.74) is -3.01. The SMILES string of the molecule is O=C(O)C1(C(F)(F)F)CCN(S(=O)(=O)NC2CC2)C1. The van der Waals surface area contributed by atoms with Crippen molar-refractivity contribution in [3.8, 4) is 0 Å². The van der Waals surface area contributed by atoms with Crippen LogP contribution in [0.2, 0.25) is 0 Å². The lowest BCUT2D eigenvalue weighted by molar-refractivity contribution is -0.226. The van der Waals surface area contributed by atoms with E-state index in [-0.39, 0.29) is 6.04 Å². The van der Waals surface area contributed by atoms with E-state index in [2.05, 4.69) is 4.72 Å². The van der Waals surface area contributed by atoms with Crippen molar-refractivity contribution in [1.29, 1.82) is 0 Å². The van der Waals surface area contributed by atoms with Crippen molar-refractivity contribution >= 4 is 16.2 Å². The number of hydrogen-bond acceptors (Lipinski definition) is 3. The summed E-state index contributed by atoms with van der Waals surface area (Å²) in [6.07, 6.45) is -4.45. The molecule has 0 aromatic rings. The summed E-state index contributed by atoms with van der Waals surface area (Å²) in [6.45, 7) is -1.53. The third kappa shape index (κ3) is 2.56. The minimum Gasteiger partial charge on any atom is -0.481 e. The van der Waals surface area contributed by atoms with Gasteiger partial charge in [0.2, 0.25) is 0 Å². The van der Waals surface area contributed by atoms with Gasteiger partial charge in [0.15, 0.2) is 5.41 Å². The molecule has 0 radical (unpaired) electrons. The average Bonchev–Trinajstić information content (AvgIpc) is 2.91. The summed E-state index contributed by atoms with van der Waals surface area (Å²) in [7, 11) is -4.04. The Kier molecular flexibility index (Phi) is 3.30. The molecule has 2 fully saturated rings. The molecular formula is C9H13F3N2O4S.